The molecule has 0 unspecified atom stereocenters. The van der Waals surface area contributed by atoms with Crippen LogP contribution in [0.5, 0.6) is 0 Å². The lowest BCUT2D eigenvalue weighted by Gasteiger charge is -2.18. The summed E-state index contributed by atoms with van der Waals surface area (Å²) in [6, 6.07) is 8.89. The summed E-state index contributed by atoms with van der Waals surface area (Å²) in [5.41, 5.74) is 5.07. The fourth-order valence-corrected chi connectivity index (χ4v) is 4.54. The van der Waals surface area contributed by atoms with Crippen LogP contribution in [0.3, 0.4) is 0 Å². The Bertz CT molecular complexity index is 960. The molecule has 0 aliphatic carbocycles. The van der Waals surface area contributed by atoms with Crippen LogP contribution in [0.15, 0.2) is 52.5 Å². The summed E-state index contributed by atoms with van der Waals surface area (Å²) >= 11 is 1.31. The summed E-state index contributed by atoms with van der Waals surface area (Å²) in [5.74, 6) is -1.14. The number of sulfonamides is 1. The molecule has 1 aromatic heterocycles. The Morgan fingerprint density at radius 1 is 1.07 bits per heavy atom. The van der Waals surface area contributed by atoms with Crippen LogP contribution in [0, 0.1) is 0 Å². The van der Waals surface area contributed by atoms with Crippen LogP contribution >= 0.6 is 11.8 Å². The number of carbonyl (C=O) groups excluding carboxylic acids is 2. The van der Waals surface area contributed by atoms with Crippen molar-refractivity contribution in [1.82, 2.24) is 20.1 Å². The van der Waals surface area contributed by atoms with Crippen LogP contribution in [-0.2, 0) is 10.0 Å². The van der Waals surface area contributed by atoms with E-state index in [1.165, 1.54) is 40.3 Å². The highest BCUT2D eigenvalue weighted by molar-refractivity contribution is 7.98. The lowest BCUT2D eigenvalue weighted by Crippen LogP contribution is -2.42. The first-order valence-corrected chi connectivity index (χ1v) is 11.2. The molecule has 0 saturated carbocycles. The van der Waals surface area contributed by atoms with Crippen molar-refractivity contribution in [2.75, 3.05) is 19.3 Å². The molecule has 2 aromatic rings. The monoisotopic (exact) mass is 422 g/mol. The molecule has 0 fully saturated rings. The molecule has 2 amide bonds. The molecule has 2 rings (SSSR count). The SMILES string of the molecule is CCN(CC)S(=O)(=O)c1cccc(C(=O)NNC(=O)c2cccnc2SC)c1. The molecule has 0 aliphatic rings. The number of thioether (sulfide) groups is 1. The second kappa shape index (κ2) is 9.67. The average molecular weight is 423 g/mol. The minimum atomic E-state index is -3.69. The van der Waals surface area contributed by atoms with E-state index < -0.39 is 21.8 Å². The Hall–Kier alpha value is -2.43. The fraction of sp³-hybridized carbons (Fsp3) is 0.278. The van der Waals surface area contributed by atoms with Gasteiger partial charge in [-0.25, -0.2) is 13.4 Å². The number of nitrogens with one attached hydrogen (secondary N) is 2. The molecule has 0 spiro atoms. The van der Waals surface area contributed by atoms with Gasteiger partial charge in [0.05, 0.1) is 10.5 Å². The van der Waals surface area contributed by atoms with Gasteiger partial charge in [0.2, 0.25) is 10.0 Å². The molecule has 150 valence electrons. The number of amides is 2. The number of benzene rings is 1. The van der Waals surface area contributed by atoms with Gasteiger partial charge in [-0.2, -0.15) is 4.31 Å². The highest BCUT2D eigenvalue weighted by Crippen LogP contribution is 2.18. The average Bonchev–Trinajstić information content (AvgIpc) is 2.72. The maximum Gasteiger partial charge on any atom is 0.272 e. The van der Waals surface area contributed by atoms with E-state index in [2.05, 4.69) is 15.8 Å². The number of carbonyl (C=O) groups is 2. The molecule has 0 saturated heterocycles. The molecule has 8 nitrogen and oxygen atoms in total. The van der Waals surface area contributed by atoms with E-state index in [0.29, 0.717) is 23.7 Å². The molecule has 1 heterocycles. The quantitative estimate of drug-likeness (QED) is 0.521. The summed E-state index contributed by atoms with van der Waals surface area (Å²) in [7, 11) is -3.69. The lowest BCUT2D eigenvalue weighted by molar-refractivity contribution is 0.0844. The van der Waals surface area contributed by atoms with E-state index in [1.54, 1.807) is 38.4 Å². The van der Waals surface area contributed by atoms with Gasteiger partial charge in [-0.1, -0.05) is 19.9 Å². The maximum atomic E-state index is 12.6. The second-order valence-corrected chi connectivity index (χ2v) is 8.32. The van der Waals surface area contributed by atoms with Crippen LogP contribution in [-0.4, -0.2) is 48.9 Å². The van der Waals surface area contributed by atoms with Gasteiger partial charge in [0.15, 0.2) is 0 Å². The van der Waals surface area contributed by atoms with Crippen molar-refractivity contribution in [1.29, 1.82) is 0 Å². The zero-order valence-corrected chi connectivity index (χ0v) is 17.4. The molecule has 2 N–H and O–H groups in total. The molecule has 0 bridgehead atoms. The molecular weight excluding hydrogens is 400 g/mol. The van der Waals surface area contributed by atoms with Crippen LogP contribution in [0.1, 0.15) is 34.6 Å². The Morgan fingerprint density at radius 3 is 2.39 bits per heavy atom. The van der Waals surface area contributed by atoms with Gasteiger partial charge in [0, 0.05) is 24.8 Å². The van der Waals surface area contributed by atoms with Gasteiger partial charge in [0.1, 0.15) is 5.03 Å². The Balaban J connectivity index is 2.14. The number of aromatic nitrogens is 1. The topological polar surface area (TPSA) is 108 Å². The standard InChI is InChI=1S/C18H22N4O4S2/c1-4-22(5-2)28(25,26)14-9-6-8-13(12-14)16(23)20-21-17(24)15-10-7-11-19-18(15)27-3/h6-12H,4-5H2,1-3H3,(H,20,23)(H,21,24). The Morgan fingerprint density at radius 2 is 1.75 bits per heavy atom. The smallest absolute Gasteiger partial charge is 0.267 e. The van der Waals surface area contributed by atoms with Crippen molar-refractivity contribution in [2.45, 2.75) is 23.8 Å². The summed E-state index contributed by atoms with van der Waals surface area (Å²) < 4.78 is 26.5. The van der Waals surface area contributed by atoms with Crippen molar-refractivity contribution >= 4 is 33.6 Å². The van der Waals surface area contributed by atoms with Crippen molar-refractivity contribution in [2.24, 2.45) is 0 Å². The molecule has 0 atom stereocenters. The minimum absolute atomic E-state index is 0.0205. The number of hydrazine groups is 1. The first kappa shape index (κ1) is 21.9. The molecule has 28 heavy (non-hydrogen) atoms. The van der Waals surface area contributed by atoms with Crippen molar-refractivity contribution < 1.29 is 18.0 Å². The van der Waals surface area contributed by atoms with E-state index >= 15 is 0 Å². The predicted octanol–water partition coefficient (Wildman–Crippen LogP) is 1.91. The van der Waals surface area contributed by atoms with Crippen molar-refractivity contribution in [3.8, 4) is 0 Å². The molecular formula is C18H22N4O4S2. The van der Waals surface area contributed by atoms with E-state index in [-0.39, 0.29) is 10.5 Å². The Labute approximate surface area is 168 Å². The third-order valence-corrected chi connectivity index (χ3v) is 6.70. The van der Waals surface area contributed by atoms with Gasteiger partial charge in [-0.3, -0.25) is 20.4 Å². The van der Waals surface area contributed by atoms with Gasteiger partial charge < -0.3 is 0 Å². The number of nitrogens with zero attached hydrogens (tertiary/aromatic N) is 2. The first-order chi connectivity index (χ1) is 13.3. The third kappa shape index (κ3) is 4.89. The minimum Gasteiger partial charge on any atom is -0.267 e. The molecule has 10 heteroatoms. The number of hydrogen-bond acceptors (Lipinski definition) is 6. The van der Waals surface area contributed by atoms with Crippen LogP contribution < -0.4 is 10.9 Å². The van der Waals surface area contributed by atoms with Gasteiger partial charge >= 0.3 is 0 Å². The summed E-state index contributed by atoms with van der Waals surface area (Å²) in [6.07, 6.45) is 3.36. The normalized spacial score (nSPS) is 11.3. The number of hydrogen-bond donors (Lipinski definition) is 2. The highest BCUT2D eigenvalue weighted by Gasteiger charge is 2.22. The van der Waals surface area contributed by atoms with E-state index in [4.69, 9.17) is 0 Å². The largest absolute Gasteiger partial charge is 0.272 e. The summed E-state index contributed by atoms with van der Waals surface area (Å²) in [4.78, 5) is 28.8. The van der Waals surface area contributed by atoms with E-state index in [0.717, 1.165) is 0 Å². The fourth-order valence-electron chi connectivity index (χ4n) is 2.49. The molecule has 1 aromatic carbocycles. The van der Waals surface area contributed by atoms with E-state index in [9.17, 15) is 18.0 Å². The van der Waals surface area contributed by atoms with Crippen molar-refractivity contribution in [3.05, 3.63) is 53.7 Å². The summed E-state index contributed by atoms with van der Waals surface area (Å²) in [6.45, 7) is 4.14. The molecule has 0 radical (unpaired) electrons. The van der Waals surface area contributed by atoms with Crippen LogP contribution in [0.25, 0.3) is 0 Å². The second-order valence-electron chi connectivity index (χ2n) is 5.59. The molecule has 0 aliphatic heterocycles. The number of pyridine rings is 1. The van der Waals surface area contributed by atoms with Crippen molar-refractivity contribution in [3.63, 3.8) is 0 Å². The third-order valence-electron chi connectivity index (χ3n) is 3.94. The first-order valence-electron chi connectivity index (χ1n) is 8.55. The maximum absolute atomic E-state index is 12.6. The zero-order chi connectivity index (χ0) is 20.7. The van der Waals surface area contributed by atoms with E-state index in [1.807, 2.05) is 0 Å². The number of rotatable bonds is 7. The van der Waals surface area contributed by atoms with Crippen LogP contribution in [0.4, 0.5) is 0 Å². The highest BCUT2D eigenvalue weighted by atomic mass is 32.2. The van der Waals surface area contributed by atoms with Gasteiger partial charge in [0.25, 0.3) is 11.8 Å². The zero-order valence-electron chi connectivity index (χ0n) is 15.8. The Kier molecular flexibility index (Phi) is 7.55. The van der Waals surface area contributed by atoms with Gasteiger partial charge in [-0.05, 0) is 36.6 Å². The summed E-state index contributed by atoms with van der Waals surface area (Å²) in [5, 5.41) is 0.529. The van der Waals surface area contributed by atoms with Crippen LogP contribution in [0.2, 0.25) is 0 Å². The van der Waals surface area contributed by atoms with Gasteiger partial charge in [-0.15, -0.1) is 11.8 Å². The lowest BCUT2D eigenvalue weighted by atomic mass is 10.2. The predicted molar refractivity (Wildman–Crippen MR) is 107 cm³/mol.